The van der Waals surface area contributed by atoms with Gasteiger partial charge in [-0.1, -0.05) is 70.2 Å². The van der Waals surface area contributed by atoms with Crippen molar-refractivity contribution >= 4 is 6.08 Å². The van der Waals surface area contributed by atoms with Gasteiger partial charge in [0.25, 0.3) is 0 Å². The Labute approximate surface area is 207 Å². The van der Waals surface area contributed by atoms with Gasteiger partial charge in [0.15, 0.2) is 0 Å². The molecule has 0 saturated carbocycles. The Morgan fingerprint density at radius 3 is 2.12 bits per heavy atom. The molecule has 0 bridgehead atoms. The Hall–Kier alpha value is -2.10. The lowest BCUT2D eigenvalue weighted by Crippen LogP contribution is -2.26. The third kappa shape index (κ3) is 5.75. The summed E-state index contributed by atoms with van der Waals surface area (Å²) in [6.07, 6.45) is 9.98. The molecule has 1 aliphatic heterocycles. The predicted octanol–water partition coefficient (Wildman–Crippen LogP) is 7.53. The Balaban J connectivity index is 1.87. The van der Waals surface area contributed by atoms with Gasteiger partial charge in [0.05, 0.1) is 11.7 Å². The summed E-state index contributed by atoms with van der Waals surface area (Å²) in [5, 5.41) is 10.6. The number of hydrogen-bond acceptors (Lipinski definition) is 3. The van der Waals surface area contributed by atoms with Gasteiger partial charge in [-0.3, -0.25) is 0 Å². The molecule has 1 atom stereocenters. The van der Waals surface area contributed by atoms with Crippen molar-refractivity contribution in [3.63, 3.8) is 0 Å². The predicted molar refractivity (Wildman–Crippen MR) is 143 cm³/mol. The molecule has 186 valence electrons. The van der Waals surface area contributed by atoms with Crippen LogP contribution < -0.4 is 4.74 Å². The number of hydrogen-bond donors (Lipinski definition) is 1. The standard InChI is InChI=1S/C31H44O3/c1-7-30(32,8-2)18-17-25-13-14-26(20-23(25)5)31(9-3,10-4)27-15-16-29(24(6)21-27)34-22-28-12-11-19-33-28/h13-18,20-21,28,32H,7-12,19,22H2,1-6H3/t28-/m1/s1. The maximum absolute atomic E-state index is 10.6. The highest BCUT2D eigenvalue weighted by molar-refractivity contribution is 5.57. The summed E-state index contributed by atoms with van der Waals surface area (Å²) in [6.45, 7) is 14.4. The average Bonchev–Trinajstić information content (AvgIpc) is 3.37. The van der Waals surface area contributed by atoms with Crippen molar-refractivity contribution in [2.75, 3.05) is 13.2 Å². The van der Waals surface area contributed by atoms with Gasteiger partial charge in [-0.15, -0.1) is 0 Å². The van der Waals surface area contributed by atoms with E-state index < -0.39 is 5.60 Å². The highest BCUT2D eigenvalue weighted by Crippen LogP contribution is 2.41. The third-order valence-electron chi connectivity index (χ3n) is 8.00. The lowest BCUT2D eigenvalue weighted by Gasteiger charge is -2.34. The van der Waals surface area contributed by atoms with Crippen LogP contribution in [0, 0.1) is 13.8 Å². The molecule has 0 aromatic heterocycles. The minimum Gasteiger partial charge on any atom is -0.491 e. The van der Waals surface area contributed by atoms with Crippen LogP contribution >= 0.6 is 0 Å². The van der Waals surface area contributed by atoms with Crippen LogP contribution in [0.1, 0.15) is 94.0 Å². The summed E-state index contributed by atoms with van der Waals surface area (Å²) in [7, 11) is 0. The van der Waals surface area contributed by atoms with Crippen molar-refractivity contribution < 1.29 is 14.6 Å². The largest absolute Gasteiger partial charge is 0.491 e. The maximum Gasteiger partial charge on any atom is 0.122 e. The monoisotopic (exact) mass is 464 g/mol. The minimum absolute atomic E-state index is 0.0432. The van der Waals surface area contributed by atoms with Crippen LogP contribution in [0.2, 0.25) is 0 Å². The van der Waals surface area contributed by atoms with Crippen LogP contribution in [0.3, 0.4) is 0 Å². The SMILES string of the molecule is CCC(O)(C=Cc1ccc(C(CC)(CC)c2ccc(OC[C@H]3CCCO3)c(C)c2)cc1C)CC. The number of benzene rings is 2. The first-order chi connectivity index (χ1) is 16.3. The van der Waals surface area contributed by atoms with Crippen molar-refractivity contribution in [3.05, 3.63) is 70.3 Å². The van der Waals surface area contributed by atoms with Gasteiger partial charge in [0.1, 0.15) is 12.4 Å². The van der Waals surface area contributed by atoms with Crippen molar-refractivity contribution in [1.82, 2.24) is 0 Å². The van der Waals surface area contributed by atoms with Crippen LogP contribution in [0.15, 0.2) is 42.5 Å². The fraction of sp³-hybridized carbons (Fsp3) is 0.548. The van der Waals surface area contributed by atoms with Crippen LogP contribution in [0.5, 0.6) is 5.75 Å². The lowest BCUT2D eigenvalue weighted by molar-refractivity contribution is 0.0677. The topological polar surface area (TPSA) is 38.7 Å². The molecule has 1 fully saturated rings. The van der Waals surface area contributed by atoms with Gasteiger partial charge >= 0.3 is 0 Å². The van der Waals surface area contributed by atoms with E-state index in [0.29, 0.717) is 6.61 Å². The molecule has 34 heavy (non-hydrogen) atoms. The summed E-state index contributed by atoms with van der Waals surface area (Å²) >= 11 is 0. The van der Waals surface area contributed by atoms with Crippen molar-refractivity contribution in [2.45, 2.75) is 97.2 Å². The zero-order chi connectivity index (χ0) is 24.8. The highest BCUT2D eigenvalue weighted by atomic mass is 16.5. The lowest BCUT2D eigenvalue weighted by atomic mass is 9.70. The fourth-order valence-electron chi connectivity index (χ4n) is 5.19. The fourth-order valence-corrected chi connectivity index (χ4v) is 5.19. The van der Waals surface area contributed by atoms with Gasteiger partial charge in [0.2, 0.25) is 0 Å². The molecule has 0 aliphatic carbocycles. The van der Waals surface area contributed by atoms with Crippen LogP contribution in [0.25, 0.3) is 6.08 Å². The average molecular weight is 465 g/mol. The number of aryl methyl sites for hydroxylation is 2. The molecule has 0 spiro atoms. The van der Waals surface area contributed by atoms with E-state index in [4.69, 9.17) is 9.47 Å². The molecule has 0 unspecified atom stereocenters. The van der Waals surface area contributed by atoms with Crippen LogP contribution in [0.4, 0.5) is 0 Å². The van der Waals surface area contributed by atoms with Crippen LogP contribution in [-0.4, -0.2) is 30.0 Å². The quantitative estimate of drug-likeness (QED) is 0.373. The van der Waals surface area contributed by atoms with E-state index in [0.717, 1.165) is 50.9 Å². The third-order valence-corrected chi connectivity index (χ3v) is 8.00. The van der Waals surface area contributed by atoms with Gasteiger partial charge in [-0.2, -0.15) is 0 Å². The Bertz CT molecular complexity index is 961. The smallest absolute Gasteiger partial charge is 0.122 e. The van der Waals surface area contributed by atoms with Crippen molar-refractivity contribution in [3.8, 4) is 5.75 Å². The van der Waals surface area contributed by atoms with E-state index in [1.54, 1.807) is 0 Å². The van der Waals surface area contributed by atoms with E-state index in [2.05, 4.69) is 70.2 Å². The molecular formula is C31H44O3. The van der Waals surface area contributed by atoms with E-state index in [1.165, 1.54) is 27.8 Å². The van der Waals surface area contributed by atoms with Gasteiger partial charge < -0.3 is 14.6 Å². The molecule has 0 radical (unpaired) electrons. The summed E-state index contributed by atoms with van der Waals surface area (Å²) in [5.74, 6) is 0.955. The van der Waals surface area contributed by atoms with Gasteiger partial charge in [-0.05, 0) is 86.3 Å². The molecular weight excluding hydrogens is 420 g/mol. The normalized spacial score (nSPS) is 17.0. The second kappa shape index (κ2) is 11.6. The molecule has 1 heterocycles. The Morgan fingerprint density at radius 1 is 0.941 bits per heavy atom. The first kappa shape index (κ1) is 26.5. The molecule has 2 aromatic carbocycles. The molecule has 3 heteroatoms. The van der Waals surface area contributed by atoms with Gasteiger partial charge in [-0.25, -0.2) is 0 Å². The molecule has 1 saturated heterocycles. The minimum atomic E-state index is -0.729. The zero-order valence-electron chi connectivity index (χ0n) is 22.1. The zero-order valence-corrected chi connectivity index (χ0v) is 22.1. The van der Waals surface area contributed by atoms with E-state index in [-0.39, 0.29) is 11.5 Å². The molecule has 3 rings (SSSR count). The number of rotatable bonds is 11. The number of aliphatic hydroxyl groups is 1. The van der Waals surface area contributed by atoms with Crippen molar-refractivity contribution in [2.24, 2.45) is 0 Å². The maximum atomic E-state index is 10.6. The highest BCUT2D eigenvalue weighted by Gasteiger charge is 2.31. The van der Waals surface area contributed by atoms with Gasteiger partial charge in [0, 0.05) is 12.0 Å². The first-order valence-corrected chi connectivity index (χ1v) is 13.2. The second-order valence-corrected chi connectivity index (χ2v) is 9.93. The summed E-state index contributed by atoms with van der Waals surface area (Å²) in [5.41, 5.74) is 5.50. The van der Waals surface area contributed by atoms with E-state index in [1.807, 2.05) is 19.9 Å². The summed E-state index contributed by atoms with van der Waals surface area (Å²) < 4.78 is 11.8. The van der Waals surface area contributed by atoms with Crippen LogP contribution in [-0.2, 0) is 10.2 Å². The molecule has 0 amide bonds. The first-order valence-electron chi connectivity index (χ1n) is 13.2. The molecule has 1 aliphatic rings. The van der Waals surface area contributed by atoms with Crippen molar-refractivity contribution in [1.29, 1.82) is 0 Å². The molecule has 1 N–H and O–H groups in total. The summed E-state index contributed by atoms with van der Waals surface area (Å²) in [6, 6.07) is 13.5. The Morgan fingerprint density at radius 2 is 1.59 bits per heavy atom. The molecule has 2 aromatic rings. The van der Waals surface area contributed by atoms with E-state index in [9.17, 15) is 5.11 Å². The van der Waals surface area contributed by atoms with E-state index >= 15 is 0 Å². The Kier molecular flexibility index (Phi) is 9.01. The summed E-state index contributed by atoms with van der Waals surface area (Å²) in [4.78, 5) is 0. The second-order valence-electron chi connectivity index (χ2n) is 9.93. The molecule has 3 nitrogen and oxygen atoms in total. The number of ether oxygens (including phenoxy) is 2.